The van der Waals surface area contributed by atoms with Crippen LogP contribution in [0, 0.1) is 11.6 Å². The highest BCUT2D eigenvalue weighted by Crippen LogP contribution is 2.14. The first-order chi connectivity index (χ1) is 9.47. The van der Waals surface area contributed by atoms with Gasteiger partial charge in [-0.15, -0.1) is 0 Å². The topological polar surface area (TPSA) is 99.7 Å². The van der Waals surface area contributed by atoms with Gasteiger partial charge in [-0.3, -0.25) is 0 Å². The summed E-state index contributed by atoms with van der Waals surface area (Å²) in [4.78, 5) is 11.7. The zero-order chi connectivity index (χ0) is 15.1. The molecule has 0 aliphatic carbocycles. The molecule has 0 saturated heterocycles. The van der Waals surface area contributed by atoms with Crippen LogP contribution < -0.4 is 16.4 Å². The summed E-state index contributed by atoms with van der Waals surface area (Å²) in [7, 11) is 0. The average molecular weight is 286 g/mol. The third kappa shape index (κ3) is 4.38. The molecule has 0 radical (unpaired) electrons. The lowest BCUT2D eigenvalue weighted by atomic mass is 10.1. The minimum absolute atomic E-state index is 0.151. The highest BCUT2D eigenvalue weighted by Gasteiger charge is 2.17. The molecule has 5 N–H and O–H groups in total. The molecular formula is C12H16F2N4O2. The maximum absolute atomic E-state index is 13.4. The maximum atomic E-state index is 13.4. The van der Waals surface area contributed by atoms with Gasteiger partial charge < -0.3 is 21.6 Å². The van der Waals surface area contributed by atoms with E-state index in [2.05, 4.69) is 15.8 Å². The molecular weight excluding hydrogens is 270 g/mol. The molecule has 1 aromatic carbocycles. The molecule has 1 atom stereocenters. The fourth-order valence-electron chi connectivity index (χ4n) is 1.56. The SMILES string of the molecule is CCCC(NC(=O)Nc1ccc(F)cc1F)/C(N)=N/O. The normalized spacial score (nSPS) is 12.8. The molecule has 20 heavy (non-hydrogen) atoms. The van der Waals surface area contributed by atoms with Gasteiger partial charge in [0, 0.05) is 6.07 Å². The summed E-state index contributed by atoms with van der Waals surface area (Å²) in [5.74, 6) is -1.79. The summed E-state index contributed by atoms with van der Waals surface area (Å²) in [5, 5.41) is 16.1. The maximum Gasteiger partial charge on any atom is 0.319 e. The molecule has 0 heterocycles. The Hall–Kier alpha value is -2.38. The molecule has 0 fully saturated rings. The number of amides is 2. The van der Waals surface area contributed by atoms with Crippen LogP contribution in [-0.4, -0.2) is 23.1 Å². The zero-order valence-corrected chi connectivity index (χ0v) is 10.9. The second kappa shape index (κ2) is 7.27. The van der Waals surface area contributed by atoms with Gasteiger partial charge in [-0.05, 0) is 18.6 Å². The lowest BCUT2D eigenvalue weighted by molar-refractivity contribution is 0.249. The molecule has 0 aromatic heterocycles. The summed E-state index contributed by atoms with van der Waals surface area (Å²) >= 11 is 0. The summed E-state index contributed by atoms with van der Waals surface area (Å²) in [6.45, 7) is 1.86. The van der Waals surface area contributed by atoms with Crippen LogP contribution in [0.2, 0.25) is 0 Å². The van der Waals surface area contributed by atoms with Crippen LogP contribution in [0.3, 0.4) is 0 Å². The second-order valence-electron chi connectivity index (χ2n) is 4.09. The van der Waals surface area contributed by atoms with E-state index in [4.69, 9.17) is 10.9 Å². The first kappa shape index (κ1) is 15.7. The Morgan fingerprint density at radius 3 is 2.75 bits per heavy atom. The number of anilines is 1. The van der Waals surface area contributed by atoms with E-state index in [9.17, 15) is 13.6 Å². The number of urea groups is 1. The minimum Gasteiger partial charge on any atom is -0.409 e. The summed E-state index contributed by atoms with van der Waals surface area (Å²) < 4.78 is 26.1. The van der Waals surface area contributed by atoms with Crippen molar-refractivity contribution in [3.8, 4) is 0 Å². The number of rotatable bonds is 5. The number of hydrogen-bond donors (Lipinski definition) is 4. The van der Waals surface area contributed by atoms with Gasteiger partial charge in [0.25, 0.3) is 0 Å². The molecule has 1 rings (SSSR count). The quantitative estimate of drug-likeness (QED) is 0.288. The highest BCUT2D eigenvalue weighted by molar-refractivity contribution is 5.94. The van der Waals surface area contributed by atoms with Gasteiger partial charge in [0.1, 0.15) is 11.6 Å². The monoisotopic (exact) mass is 286 g/mol. The highest BCUT2D eigenvalue weighted by atomic mass is 19.1. The largest absolute Gasteiger partial charge is 0.409 e. The van der Waals surface area contributed by atoms with Crippen LogP contribution in [0.25, 0.3) is 0 Å². The van der Waals surface area contributed by atoms with E-state index >= 15 is 0 Å². The number of carbonyl (C=O) groups is 1. The Balaban J connectivity index is 2.70. The van der Waals surface area contributed by atoms with Crippen molar-refractivity contribution in [3.05, 3.63) is 29.8 Å². The van der Waals surface area contributed by atoms with Crippen molar-refractivity contribution in [1.82, 2.24) is 5.32 Å². The summed E-state index contributed by atoms with van der Waals surface area (Å²) in [6, 6.07) is 1.37. The van der Waals surface area contributed by atoms with Gasteiger partial charge in [-0.25, -0.2) is 13.6 Å². The molecule has 0 aliphatic heterocycles. The number of oxime groups is 1. The van der Waals surface area contributed by atoms with E-state index in [1.54, 1.807) is 0 Å². The van der Waals surface area contributed by atoms with E-state index in [1.165, 1.54) is 0 Å². The minimum atomic E-state index is -0.893. The van der Waals surface area contributed by atoms with Gasteiger partial charge in [-0.1, -0.05) is 18.5 Å². The molecule has 1 unspecified atom stereocenters. The predicted octanol–water partition coefficient (Wildman–Crippen LogP) is 2.00. The van der Waals surface area contributed by atoms with Crippen LogP contribution in [-0.2, 0) is 0 Å². The summed E-state index contributed by atoms with van der Waals surface area (Å²) in [6.07, 6.45) is 1.14. The molecule has 110 valence electrons. The molecule has 0 saturated carbocycles. The number of nitrogens with two attached hydrogens (primary N) is 1. The number of amidine groups is 1. The Morgan fingerprint density at radius 2 is 2.20 bits per heavy atom. The second-order valence-corrected chi connectivity index (χ2v) is 4.09. The van der Waals surface area contributed by atoms with Crippen LogP contribution in [0.5, 0.6) is 0 Å². The van der Waals surface area contributed by atoms with Crippen molar-refractivity contribution in [1.29, 1.82) is 0 Å². The van der Waals surface area contributed by atoms with E-state index in [1.807, 2.05) is 6.92 Å². The number of halogens is 2. The number of hydrogen-bond acceptors (Lipinski definition) is 3. The van der Waals surface area contributed by atoms with Gasteiger partial charge >= 0.3 is 6.03 Å². The molecule has 0 spiro atoms. The van der Waals surface area contributed by atoms with E-state index in [-0.39, 0.29) is 11.5 Å². The van der Waals surface area contributed by atoms with Crippen LogP contribution in [0.4, 0.5) is 19.3 Å². The Kier molecular flexibility index (Phi) is 5.70. The number of carbonyl (C=O) groups excluding carboxylic acids is 1. The van der Waals surface area contributed by atoms with E-state index in [0.29, 0.717) is 18.9 Å². The Bertz CT molecular complexity index is 508. The number of benzene rings is 1. The standard InChI is InChI=1S/C12H16F2N4O2/c1-2-3-10(11(15)18-20)17-12(19)16-9-5-4-7(13)6-8(9)14/h4-6,10,20H,2-3H2,1H3,(H2,15,18)(H2,16,17,19). The van der Waals surface area contributed by atoms with Gasteiger partial charge in [0.05, 0.1) is 11.7 Å². The van der Waals surface area contributed by atoms with Crippen LogP contribution in [0.1, 0.15) is 19.8 Å². The lowest BCUT2D eigenvalue weighted by Gasteiger charge is -2.17. The molecule has 6 nitrogen and oxygen atoms in total. The predicted molar refractivity (Wildman–Crippen MR) is 70.6 cm³/mol. The first-order valence-corrected chi connectivity index (χ1v) is 5.98. The number of nitrogens with one attached hydrogen (secondary N) is 2. The zero-order valence-electron chi connectivity index (χ0n) is 10.9. The third-order valence-corrected chi connectivity index (χ3v) is 2.53. The smallest absolute Gasteiger partial charge is 0.319 e. The van der Waals surface area contributed by atoms with Gasteiger partial charge in [0.2, 0.25) is 0 Å². The first-order valence-electron chi connectivity index (χ1n) is 5.98. The van der Waals surface area contributed by atoms with Crippen molar-refractivity contribution in [2.24, 2.45) is 10.9 Å². The molecule has 8 heteroatoms. The van der Waals surface area contributed by atoms with Gasteiger partial charge in [0.15, 0.2) is 5.84 Å². The molecule has 0 bridgehead atoms. The summed E-state index contributed by atoms with van der Waals surface area (Å²) in [5.41, 5.74) is 5.26. The Morgan fingerprint density at radius 1 is 1.50 bits per heavy atom. The lowest BCUT2D eigenvalue weighted by Crippen LogP contribution is -2.46. The number of nitrogens with zero attached hydrogens (tertiary/aromatic N) is 1. The molecule has 1 aromatic rings. The van der Waals surface area contributed by atoms with E-state index < -0.39 is 23.7 Å². The van der Waals surface area contributed by atoms with Crippen molar-refractivity contribution < 1.29 is 18.8 Å². The van der Waals surface area contributed by atoms with Crippen molar-refractivity contribution in [2.45, 2.75) is 25.8 Å². The van der Waals surface area contributed by atoms with Crippen molar-refractivity contribution in [3.63, 3.8) is 0 Å². The van der Waals surface area contributed by atoms with Gasteiger partial charge in [-0.2, -0.15) is 0 Å². The van der Waals surface area contributed by atoms with Crippen molar-refractivity contribution in [2.75, 3.05) is 5.32 Å². The molecule has 2 amide bonds. The van der Waals surface area contributed by atoms with Crippen LogP contribution >= 0.6 is 0 Å². The van der Waals surface area contributed by atoms with Crippen molar-refractivity contribution >= 4 is 17.6 Å². The fraction of sp³-hybridized carbons (Fsp3) is 0.333. The van der Waals surface area contributed by atoms with Crippen LogP contribution in [0.15, 0.2) is 23.4 Å². The average Bonchev–Trinajstić information content (AvgIpc) is 2.40. The van der Waals surface area contributed by atoms with E-state index in [0.717, 1.165) is 12.1 Å². The Labute approximate surface area is 114 Å². The molecule has 0 aliphatic rings. The third-order valence-electron chi connectivity index (χ3n) is 2.53. The fourth-order valence-corrected chi connectivity index (χ4v) is 1.56.